The van der Waals surface area contributed by atoms with Gasteiger partial charge in [-0.15, -0.1) is 0 Å². The van der Waals surface area contributed by atoms with Crippen LogP contribution < -0.4 is 10.6 Å². The van der Waals surface area contributed by atoms with Crippen LogP contribution >= 0.6 is 0 Å². The molecule has 3 aliphatic rings. The number of carbonyl (C=O) groups excluding carboxylic acids is 2. The topological polar surface area (TPSA) is 95.5 Å². The minimum absolute atomic E-state index is 0.00465. The number of fused-ring (bicyclic) bond motifs is 2. The highest BCUT2D eigenvalue weighted by molar-refractivity contribution is 6.01. The zero-order chi connectivity index (χ0) is 17.1. The first-order valence-corrected chi connectivity index (χ1v) is 8.02. The fraction of sp³-hybridized carbons (Fsp3) is 0.471. The first-order chi connectivity index (χ1) is 11.4. The lowest BCUT2D eigenvalue weighted by molar-refractivity contribution is -0.143. The van der Waals surface area contributed by atoms with Crippen LogP contribution in [0.4, 0.5) is 10.1 Å². The first-order valence-electron chi connectivity index (χ1n) is 8.02. The summed E-state index contributed by atoms with van der Waals surface area (Å²) in [6, 6.07) is 3.80. The monoisotopic (exact) mass is 332 g/mol. The molecule has 1 aromatic rings. The summed E-state index contributed by atoms with van der Waals surface area (Å²) in [6.45, 7) is 0. The SMILES string of the molecule is O=C1CC(C(=O)N[C@H]2C[C@@H]3C[C@]3(C(=O)O)C2)c2ccc(F)cc2N1. The molecule has 2 amide bonds. The molecular weight excluding hydrogens is 315 g/mol. The number of hydrogen-bond acceptors (Lipinski definition) is 3. The number of carbonyl (C=O) groups is 3. The van der Waals surface area contributed by atoms with E-state index in [0.29, 0.717) is 30.5 Å². The predicted molar refractivity (Wildman–Crippen MR) is 81.7 cm³/mol. The fourth-order valence-electron chi connectivity index (χ4n) is 4.24. The molecule has 0 saturated heterocycles. The molecule has 1 heterocycles. The van der Waals surface area contributed by atoms with Crippen LogP contribution in [0.5, 0.6) is 0 Å². The standard InChI is InChI=1S/C17H17FN2O4/c18-9-1-2-11-12(5-14(21)20-13(11)4-9)15(22)19-10-3-8-6-17(8,7-10)16(23)24/h1-2,4,8,10,12H,3,5-7H2,(H,19,22)(H,20,21)(H,23,24)/t8-,10+,12?,17+/m1/s1. The third kappa shape index (κ3) is 2.26. The summed E-state index contributed by atoms with van der Waals surface area (Å²) in [7, 11) is 0. The van der Waals surface area contributed by atoms with Crippen molar-refractivity contribution in [1.29, 1.82) is 0 Å². The maximum Gasteiger partial charge on any atom is 0.310 e. The van der Waals surface area contributed by atoms with Gasteiger partial charge < -0.3 is 15.7 Å². The molecule has 4 atom stereocenters. The van der Waals surface area contributed by atoms with E-state index in [9.17, 15) is 23.9 Å². The van der Waals surface area contributed by atoms with Gasteiger partial charge in [-0.2, -0.15) is 0 Å². The van der Waals surface area contributed by atoms with Gasteiger partial charge in [-0.3, -0.25) is 14.4 Å². The van der Waals surface area contributed by atoms with Gasteiger partial charge in [0.2, 0.25) is 11.8 Å². The molecule has 0 bridgehead atoms. The minimum atomic E-state index is -0.790. The highest BCUT2D eigenvalue weighted by Crippen LogP contribution is 2.63. The van der Waals surface area contributed by atoms with Crippen molar-refractivity contribution in [3.05, 3.63) is 29.6 Å². The number of benzene rings is 1. The number of aliphatic carboxylic acids is 1. The minimum Gasteiger partial charge on any atom is -0.481 e. The van der Waals surface area contributed by atoms with E-state index in [1.54, 1.807) is 0 Å². The lowest BCUT2D eigenvalue weighted by Crippen LogP contribution is -2.40. The van der Waals surface area contributed by atoms with Crippen LogP contribution in [-0.2, 0) is 14.4 Å². The van der Waals surface area contributed by atoms with Gasteiger partial charge in [0.05, 0.1) is 11.3 Å². The number of rotatable bonds is 3. The summed E-state index contributed by atoms with van der Waals surface area (Å²) in [5, 5.41) is 14.8. The second-order valence-electron chi connectivity index (χ2n) is 7.04. The lowest BCUT2D eigenvalue weighted by Gasteiger charge is -2.26. The first kappa shape index (κ1) is 15.1. The Morgan fingerprint density at radius 3 is 2.83 bits per heavy atom. The van der Waals surface area contributed by atoms with Crippen LogP contribution in [0.25, 0.3) is 0 Å². The van der Waals surface area contributed by atoms with Crippen LogP contribution in [0.1, 0.15) is 37.2 Å². The molecule has 4 rings (SSSR count). The molecule has 1 unspecified atom stereocenters. The number of anilines is 1. The smallest absolute Gasteiger partial charge is 0.310 e. The van der Waals surface area contributed by atoms with E-state index >= 15 is 0 Å². The normalized spacial score (nSPS) is 33.2. The highest BCUT2D eigenvalue weighted by Gasteiger charge is 2.65. The maximum atomic E-state index is 13.3. The van der Waals surface area contributed by atoms with Gasteiger partial charge in [0.15, 0.2) is 0 Å². The Kier molecular flexibility index (Phi) is 3.16. The summed E-state index contributed by atoms with van der Waals surface area (Å²) in [5.41, 5.74) is 0.246. The van der Waals surface area contributed by atoms with Crippen molar-refractivity contribution in [2.75, 3.05) is 5.32 Å². The van der Waals surface area contributed by atoms with Crippen LogP contribution in [-0.4, -0.2) is 28.9 Å². The van der Waals surface area contributed by atoms with Crippen molar-refractivity contribution in [3.8, 4) is 0 Å². The number of nitrogens with one attached hydrogen (secondary N) is 2. The van der Waals surface area contributed by atoms with E-state index in [-0.39, 0.29) is 30.2 Å². The molecule has 0 aromatic heterocycles. The van der Waals surface area contributed by atoms with Gasteiger partial charge in [0.1, 0.15) is 5.82 Å². The van der Waals surface area contributed by atoms with Crippen LogP contribution in [0.2, 0.25) is 0 Å². The van der Waals surface area contributed by atoms with E-state index in [4.69, 9.17) is 0 Å². The summed E-state index contributed by atoms with van der Waals surface area (Å²) in [4.78, 5) is 35.7. The quantitative estimate of drug-likeness (QED) is 0.784. The second-order valence-corrected chi connectivity index (χ2v) is 7.04. The summed E-state index contributed by atoms with van der Waals surface area (Å²) >= 11 is 0. The second kappa shape index (κ2) is 5.03. The summed E-state index contributed by atoms with van der Waals surface area (Å²) in [6.07, 6.45) is 1.79. The predicted octanol–water partition coefficient (Wildman–Crippen LogP) is 1.62. The van der Waals surface area contributed by atoms with E-state index in [0.717, 1.165) is 0 Å². The molecule has 1 aromatic carbocycles. The maximum absolute atomic E-state index is 13.3. The number of carboxylic acids is 1. The summed E-state index contributed by atoms with van der Waals surface area (Å²) in [5.74, 6) is -2.44. The number of hydrogen-bond donors (Lipinski definition) is 3. The number of halogens is 1. The van der Waals surface area contributed by atoms with Gasteiger partial charge in [0, 0.05) is 18.2 Å². The third-order valence-corrected chi connectivity index (χ3v) is 5.55. The number of amides is 2. The molecule has 6 nitrogen and oxygen atoms in total. The molecule has 0 radical (unpaired) electrons. The van der Waals surface area contributed by atoms with Gasteiger partial charge in [-0.05, 0) is 42.9 Å². The van der Waals surface area contributed by atoms with Gasteiger partial charge in [-0.1, -0.05) is 6.07 Å². The third-order valence-electron chi connectivity index (χ3n) is 5.55. The Hall–Kier alpha value is -2.44. The highest BCUT2D eigenvalue weighted by atomic mass is 19.1. The summed E-state index contributed by atoms with van der Waals surface area (Å²) < 4.78 is 13.3. The van der Waals surface area contributed by atoms with Crippen molar-refractivity contribution < 1.29 is 23.9 Å². The molecule has 7 heteroatoms. The molecule has 1 aliphatic heterocycles. The Morgan fingerprint density at radius 1 is 1.33 bits per heavy atom. The molecule has 24 heavy (non-hydrogen) atoms. The zero-order valence-corrected chi connectivity index (χ0v) is 12.8. The molecule has 3 N–H and O–H groups in total. The van der Waals surface area contributed by atoms with Crippen molar-refractivity contribution >= 4 is 23.5 Å². The van der Waals surface area contributed by atoms with Gasteiger partial charge >= 0.3 is 5.97 Å². The molecule has 2 fully saturated rings. The van der Waals surface area contributed by atoms with E-state index in [2.05, 4.69) is 10.6 Å². The van der Waals surface area contributed by atoms with Crippen LogP contribution in [0, 0.1) is 17.2 Å². The van der Waals surface area contributed by atoms with Crippen LogP contribution in [0.3, 0.4) is 0 Å². The Labute approximate surface area is 137 Å². The molecular formula is C17H17FN2O4. The largest absolute Gasteiger partial charge is 0.481 e. The van der Waals surface area contributed by atoms with Crippen molar-refractivity contribution in [1.82, 2.24) is 5.32 Å². The van der Waals surface area contributed by atoms with Crippen molar-refractivity contribution in [3.63, 3.8) is 0 Å². The lowest BCUT2D eigenvalue weighted by atomic mass is 9.89. The van der Waals surface area contributed by atoms with E-state index < -0.39 is 23.1 Å². The molecule has 2 aliphatic carbocycles. The molecule has 2 saturated carbocycles. The molecule has 126 valence electrons. The number of carboxylic acid groups (broad SMARTS) is 1. The Bertz CT molecular complexity index is 765. The Morgan fingerprint density at radius 2 is 2.12 bits per heavy atom. The van der Waals surface area contributed by atoms with E-state index in [1.165, 1.54) is 18.2 Å². The van der Waals surface area contributed by atoms with Crippen LogP contribution in [0.15, 0.2) is 18.2 Å². The zero-order valence-electron chi connectivity index (χ0n) is 12.8. The van der Waals surface area contributed by atoms with E-state index in [1.807, 2.05) is 0 Å². The average molecular weight is 332 g/mol. The van der Waals surface area contributed by atoms with Gasteiger partial charge in [0.25, 0.3) is 0 Å². The Balaban J connectivity index is 1.50. The van der Waals surface area contributed by atoms with Crippen molar-refractivity contribution in [2.24, 2.45) is 11.3 Å². The molecule has 0 spiro atoms. The fourth-order valence-corrected chi connectivity index (χ4v) is 4.24. The van der Waals surface area contributed by atoms with Gasteiger partial charge in [-0.25, -0.2) is 4.39 Å². The average Bonchev–Trinajstić information content (AvgIpc) is 3.09. The van der Waals surface area contributed by atoms with Crippen molar-refractivity contribution in [2.45, 2.75) is 37.6 Å².